The number of hydrogen-bond donors (Lipinski definition) is 1. The number of ether oxygens (including phenoxy) is 2. The molecule has 2 fully saturated rings. The van der Waals surface area contributed by atoms with Crippen LogP contribution < -0.4 is 4.74 Å². The standard InChI is InChI=1S/C16H21FN2O3.C2HF3O2/c1-2-4-14(20)19-10-16(11-19)12(6-8-22-16)9-21-15-13(17)5-3-7-18-15;3-2(4,5)1(6)7/h3,5,7,12H,2,4,6,8-11H2,1H3;(H,6,7). The molecular weight excluding hydrogens is 400 g/mol. The van der Waals surface area contributed by atoms with Crippen molar-refractivity contribution in [2.75, 3.05) is 26.3 Å². The van der Waals surface area contributed by atoms with E-state index >= 15 is 0 Å². The lowest BCUT2D eigenvalue weighted by molar-refractivity contribution is -0.192. The topological polar surface area (TPSA) is 89.0 Å². The Kier molecular flexibility index (Phi) is 7.39. The molecule has 0 aliphatic carbocycles. The van der Waals surface area contributed by atoms with E-state index in [9.17, 15) is 22.4 Å². The summed E-state index contributed by atoms with van der Waals surface area (Å²) in [6, 6.07) is 2.86. The van der Waals surface area contributed by atoms with Crippen molar-refractivity contribution >= 4 is 11.9 Å². The number of halogens is 4. The van der Waals surface area contributed by atoms with E-state index in [0.717, 1.165) is 12.8 Å². The normalized spacial score (nSPS) is 19.9. The molecule has 1 amide bonds. The van der Waals surface area contributed by atoms with Gasteiger partial charge in [-0.1, -0.05) is 6.92 Å². The molecule has 1 N–H and O–H groups in total. The second-order valence-corrected chi connectivity index (χ2v) is 6.80. The minimum absolute atomic E-state index is 0.0304. The number of pyridine rings is 1. The van der Waals surface area contributed by atoms with Gasteiger partial charge in [-0.2, -0.15) is 13.2 Å². The van der Waals surface area contributed by atoms with Gasteiger partial charge in [-0.05, 0) is 25.0 Å². The van der Waals surface area contributed by atoms with Crippen molar-refractivity contribution in [2.24, 2.45) is 5.92 Å². The highest BCUT2D eigenvalue weighted by atomic mass is 19.4. The molecule has 2 aliphatic heterocycles. The number of hydrogen-bond acceptors (Lipinski definition) is 5. The van der Waals surface area contributed by atoms with Gasteiger partial charge in [-0.3, -0.25) is 4.79 Å². The summed E-state index contributed by atoms with van der Waals surface area (Å²) in [6.07, 6.45) is -1.27. The van der Waals surface area contributed by atoms with Crippen LogP contribution in [0, 0.1) is 11.7 Å². The molecule has 1 spiro atoms. The zero-order valence-electron chi connectivity index (χ0n) is 15.7. The summed E-state index contributed by atoms with van der Waals surface area (Å²) in [7, 11) is 0. The number of likely N-dealkylation sites (tertiary alicyclic amines) is 1. The summed E-state index contributed by atoms with van der Waals surface area (Å²) in [4.78, 5) is 26.5. The van der Waals surface area contributed by atoms with Crippen molar-refractivity contribution in [2.45, 2.75) is 38.0 Å². The molecule has 162 valence electrons. The summed E-state index contributed by atoms with van der Waals surface area (Å²) in [6.45, 7) is 4.25. The van der Waals surface area contributed by atoms with Crippen molar-refractivity contribution < 1.29 is 41.7 Å². The molecule has 3 rings (SSSR count). The van der Waals surface area contributed by atoms with Gasteiger partial charge in [-0.15, -0.1) is 0 Å². The van der Waals surface area contributed by atoms with Crippen molar-refractivity contribution in [1.82, 2.24) is 9.88 Å². The molecule has 7 nitrogen and oxygen atoms in total. The number of carbonyl (C=O) groups excluding carboxylic acids is 1. The first kappa shape index (κ1) is 22.9. The molecule has 1 aromatic heterocycles. The Morgan fingerprint density at radius 2 is 2.07 bits per heavy atom. The molecule has 2 saturated heterocycles. The number of nitrogens with zero attached hydrogens (tertiary/aromatic N) is 2. The van der Waals surface area contributed by atoms with E-state index in [1.54, 1.807) is 0 Å². The van der Waals surface area contributed by atoms with Crippen LogP contribution in [0.2, 0.25) is 0 Å². The number of amides is 1. The van der Waals surface area contributed by atoms with Gasteiger partial charge < -0.3 is 19.5 Å². The average molecular weight is 422 g/mol. The van der Waals surface area contributed by atoms with Crippen LogP contribution in [-0.4, -0.2) is 64.9 Å². The first-order chi connectivity index (χ1) is 13.6. The zero-order chi connectivity index (χ0) is 21.7. The van der Waals surface area contributed by atoms with Gasteiger partial charge in [0, 0.05) is 25.1 Å². The van der Waals surface area contributed by atoms with Gasteiger partial charge in [0.15, 0.2) is 5.82 Å². The monoisotopic (exact) mass is 422 g/mol. The van der Waals surface area contributed by atoms with Crippen LogP contribution in [0.5, 0.6) is 5.88 Å². The van der Waals surface area contributed by atoms with Crippen molar-refractivity contribution in [3.8, 4) is 5.88 Å². The van der Waals surface area contributed by atoms with Crippen LogP contribution in [0.4, 0.5) is 17.6 Å². The van der Waals surface area contributed by atoms with Crippen LogP contribution in [0.1, 0.15) is 26.2 Å². The fourth-order valence-electron chi connectivity index (χ4n) is 3.18. The van der Waals surface area contributed by atoms with E-state index in [4.69, 9.17) is 19.4 Å². The van der Waals surface area contributed by atoms with Crippen molar-refractivity contribution in [3.63, 3.8) is 0 Å². The number of aromatic nitrogens is 1. The molecule has 2 aliphatic rings. The number of carbonyl (C=O) groups is 2. The molecule has 0 radical (unpaired) electrons. The van der Waals surface area contributed by atoms with Gasteiger partial charge >= 0.3 is 12.1 Å². The Bertz CT molecular complexity index is 722. The first-order valence-corrected chi connectivity index (χ1v) is 9.04. The fraction of sp³-hybridized carbons (Fsp3) is 0.611. The second-order valence-electron chi connectivity index (χ2n) is 6.80. The smallest absolute Gasteiger partial charge is 0.475 e. The first-order valence-electron chi connectivity index (χ1n) is 9.04. The Hall–Kier alpha value is -2.43. The van der Waals surface area contributed by atoms with Gasteiger partial charge in [0.1, 0.15) is 5.60 Å². The maximum Gasteiger partial charge on any atom is 0.490 e. The molecule has 1 atom stereocenters. The van der Waals surface area contributed by atoms with Gasteiger partial charge in [0.2, 0.25) is 11.8 Å². The highest BCUT2D eigenvalue weighted by Crippen LogP contribution is 2.40. The molecule has 0 saturated carbocycles. The summed E-state index contributed by atoms with van der Waals surface area (Å²) < 4.78 is 56.7. The molecule has 11 heteroatoms. The number of aliphatic carboxylic acids is 1. The average Bonchev–Trinajstić information content (AvgIpc) is 3.03. The van der Waals surface area contributed by atoms with E-state index < -0.39 is 18.0 Å². The third-order valence-electron chi connectivity index (χ3n) is 4.72. The molecule has 0 bridgehead atoms. The van der Waals surface area contributed by atoms with Crippen LogP contribution in [-0.2, 0) is 14.3 Å². The Balaban J connectivity index is 0.000000370. The lowest BCUT2D eigenvalue weighted by Crippen LogP contribution is -2.66. The number of alkyl halides is 3. The predicted molar refractivity (Wildman–Crippen MR) is 91.7 cm³/mol. The highest BCUT2D eigenvalue weighted by molar-refractivity contribution is 5.77. The minimum atomic E-state index is -5.08. The molecule has 0 aromatic carbocycles. The van der Waals surface area contributed by atoms with E-state index in [-0.39, 0.29) is 23.3 Å². The third kappa shape index (κ3) is 5.78. The molecular formula is C18H22F4N2O5. The second kappa shape index (κ2) is 9.38. The van der Waals surface area contributed by atoms with Crippen molar-refractivity contribution in [3.05, 3.63) is 24.1 Å². The largest absolute Gasteiger partial charge is 0.490 e. The summed E-state index contributed by atoms with van der Waals surface area (Å²) in [5, 5.41) is 7.12. The summed E-state index contributed by atoms with van der Waals surface area (Å²) in [5.74, 6) is -2.84. The predicted octanol–water partition coefficient (Wildman–Crippen LogP) is 2.65. The maximum atomic E-state index is 13.5. The van der Waals surface area contributed by atoms with Crippen LogP contribution in [0.3, 0.4) is 0 Å². The molecule has 29 heavy (non-hydrogen) atoms. The lowest BCUT2D eigenvalue weighted by Gasteiger charge is -2.50. The number of rotatable bonds is 5. The summed E-state index contributed by atoms with van der Waals surface area (Å²) >= 11 is 0. The number of carboxylic acid groups (broad SMARTS) is 1. The number of carboxylic acids is 1. The quantitative estimate of drug-likeness (QED) is 0.734. The molecule has 1 aromatic rings. The van der Waals surface area contributed by atoms with E-state index in [2.05, 4.69) is 4.98 Å². The maximum absolute atomic E-state index is 13.5. The SMILES string of the molecule is CCCC(=O)N1CC2(C1)OCCC2COc1ncccc1F.O=C(O)C(F)(F)F. The van der Waals surface area contributed by atoms with Gasteiger partial charge in [0.25, 0.3) is 0 Å². The van der Waals surface area contributed by atoms with Crippen LogP contribution in [0.25, 0.3) is 0 Å². The minimum Gasteiger partial charge on any atom is -0.475 e. The molecule has 3 heterocycles. The Labute approximate surface area is 164 Å². The van der Waals surface area contributed by atoms with Crippen LogP contribution in [0.15, 0.2) is 18.3 Å². The Morgan fingerprint density at radius 1 is 1.41 bits per heavy atom. The zero-order valence-corrected chi connectivity index (χ0v) is 15.7. The van der Waals surface area contributed by atoms with Gasteiger partial charge in [0.05, 0.1) is 19.7 Å². The lowest BCUT2D eigenvalue weighted by atomic mass is 9.81. The third-order valence-corrected chi connectivity index (χ3v) is 4.72. The Morgan fingerprint density at radius 3 is 2.62 bits per heavy atom. The highest BCUT2D eigenvalue weighted by Gasteiger charge is 2.54. The van der Waals surface area contributed by atoms with Gasteiger partial charge in [-0.25, -0.2) is 14.2 Å². The van der Waals surface area contributed by atoms with E-state index in [1.807, 2.05) is 11.8 Å². The fourth-order valence-corrected chi connectivity index (χ4v) is 3.18. The summed E-state index contributed by atoms with van der Waals surface area (Å²) in [5.41, 5.74) is -0.311. The van der Waals surface area contributed by atoms with E-state index in [1.165, 1.54) is 18.3 Å². The van der Waals surface area contributed by atoms with Crippen LogP contribution >= 0.6 is 0 Å². The van der Waals surface area contributed by atoms with Crippen molar-refractivity contribution in [1.29, 1.82) is 0 Å². The van der Waals surface area contributed by atoms with E-state index in [0.29, 0.717) is 32.7 Å². The molecule has 1 unspecified atom stereocenters.